The topological polar surface area (TPSA) is 55.1 Å². The fraction of sp³-hybridized carbons (Fsp3) is 0.100. The predicted molar refractivity (Wildman–Crippen MR) is 69.9 cm³/mol. The molecule has 1 amide bonds. The zero-order valence-corrected chi connectivity index (χ0v) is 10.6. The summed E-state index contributed by atoms with van der Waals surface area (Å²) in [5.41, 5.74) is 2.09. The number of benzene rings is 1. The van der Waals surface area contributed by atoms with E-state index in [1.807, 2.05) is 24.3 Å². The molecule has 6 heteroatoms. The lowest BCUT2D eigenvalue weighted by Gasteiger charge is -1.97. The number of nitrogens with one attached hydrogen (secondary N) is 1. The fourth-order valence-corrected chi connectivity index (χ4v) is 3.85. The van der Waals surface area contributed by atoms with Gasteiger partial charge in [-0.3, -0.25) is 10.2 Å². The quantitative estimate of drug-likeness (QED) is 0.391. The third kappa shape index (κ3) is 2.32. The van der Waals surface area contributed by atoms with Crippen LogP contribution in [0.5, 0.6) is 0 Å². The van der Waals surface area contributed by atoms with Crippen LogP contribution < -0.4 is 11.3 Å². The van der Waals surface area contributed by atoms with Crippen molar-refractivity contribution in [2.24, 2.45) is 5.84 Å². The highest BCUT2D eigenvalue weighted by atomic mass is 35.5. The van der Waals surface area contributed by atoms with E-state index in [-0.39, 0.29) is 11.7 Å². The van der Waals surface area contributed by atoms with Crippen LogP contribution in [-0.4, -0.2) is 11.7 Å². The van der Waals surface area contributed by atoms with E-state index >= 15 is 0 Å². The van der Waals surface area contributed by atoms with E-state index in [0.717, 1.165) is 19.3 Å². The first kappa shape index (κ1) is 11.7. The normalized spacial score (nSPS) is 10.6. The average molecular weight is 273 g/mol. The van der Waals surface area contributed by atoms with Crippen LogP contribution in [0.2, 0.25) is 5.02 Å². The molecule has 2 rings (SSSR count). The number of fused-ring (bicyclic) bond motifs is 1. The van der Waals surface area contributed by atoms with Crippen LogP contribution in [0.1, 0.15) is 0 Å². The number of hydrogen-bond acceptors (Lipinski definition) is 4. The first-order valence-corrected chi connectivity index (χ1v) is 6.69. The lowest BCUT2D eigenvalue weighted by atomic mass is 10.3. The number of thioether (sulfide) groups is 1. The van der Waals surface area contributed by atoms with Crippen molar-refractivity contribution in [3.8, 4) is 0 Å². The second-order valence-electron chi connectivity index (χ2n) is 3.06. The van der Waals surface area contributed by atoms with E-state index in [2.05, 4.69) is 5.43 Å². The van der Waals surface area contributed by atoms with Gasteiger partial charge in [0.25, 0.3) is 0 Å². The van der Waals surface area contributed by atoms with Gasteiger partial charge >= 0.3 is 0 Å². The summed E-state index contributed by atoms with van der Waals surface area (Å²) in [5.74, 6) is 5.08. The minimum atomic E-state index is -0.210. The highest BCUT2D eigenvalue weighted by Gasteiger charge is 2.11. The van der Waals surface area contributed by atoms with Crippen molar-refractivity contribution in [2.75, 3.05) is 5.75 Å². The summed E-state index contributed by atoms with van der Waals surface area (Å²) < 4.78 is 2.08. The van der Waals surface area contributed by atoms with Crippen LogP contribution in [0.15, 0.2) is 28.5 Å². The highest BCUT2D eigenvalue weighted by Crippen LogP contribution is 2.41. The summed E-state index contributed by atoms with van der Waals surface area (Å²) >= 11 is 9.20. The van der Waals surface area contributed by atoms with E-state index in [4.69, 9.17) is 17.4 Å². The molecule has 0 atom stereocenters. The molecule has 0 saturated carbocycles. The molecule has 16 heavy (non-hydrogen) atoms. The SMILES string of the molecule is NNC(=O)CSc1sc2ccccc2c1Cl. The van der Waals surface area contributed by atoms with Crippen molar-refractivity contribution in [1.29, 1.82) is 0 Å². The maximum Gasteiger partial charge on any atom is 0.244 e. The van der Waals surface area contributed by atoms with Crippen molar-refractivity contribution in [1.82, 2.24) is 5.43 Å². The summed E-state index contributed by atoms with van der Waals surface area (Å²) in [4.78, 5) is 11.0. The Labute approximate surface area is 106 Å². The molecule has 1 heterocycles. The summed E-state index contributed by atoms with van der Waals surface area (Å²) in [6.45, 7) is 0. The highest BCUT2D eigenvalue weighted by molar-refractivity contribution is 8.02. The summed E-state index contributed by atoms with van der Waals surface area (Å²) in [5, 5.41) is 1.75. The molecule has 0 saturated heterocycles. The summed E-state index contributed by atoms with van der Waals surface area (Å²) in [6.07, 6.45) is 0. The van der Waals surface area contributed by atoms with E-state index in [0.29, 0.717) is 0 Å². The van der Waals surface area contributed by atoms with Crippen LogP contribution in [0.3, 0.4) is 0 Å². The van der Waals surface area contributed by atoms with Crippen molar-refractivity contribution < 1.29 is 4.79 Å². The molecular weight excluding hydrogens is 264 g/mol. The molecule has 0 aliphatic heterocycles. The smallest absolute Gasteiger partial charge is 0.244 e. The van der Waals surface area contributed by atoms with Gasteiger partial charge in [-0.25, -0.2) is 5.84 Å². The van der Waals surface area contributed by atoms with Crippen LogP contribution >= 0.6 is 34.7 Å². The molecule has 3 N–H and O–H groups in total. The molecule has 0 bridgehead atoms. The number of carbonyl (C=O) groups is 1. The zero-order valence-electron chi connectivity index (χ0n) is 8.20. The standard InChI is InChI=1S/C10H9ClN2OS2/c11-9-6-3-1-2-4-7(6)16-10(9)15-5-8(14)13-12/h1-4H,5,12H2,(H,13,14). The molecule has 0 fully saturated rings. The maximum atomic E-state index is 11.0. The number of rotatable bonds is 3. The summed E-state index contributed by atoms with van der Waals surface area (Å²) in [7, 11) is 0. The Morgan fingerprint density at radius 2 is 2.25 bits per heavy atom. The van der Waals surface area contributed by atoms with Gasteiger partial charge in [-0.1, -0.05) is 29.8 Å². The Bertz CT molecular complexity index is 527. The lowest BCUT2D eigenvalue weighted by Crippen LogP contribution is -2.31. The van der Waals surface area contributed by atoms with E-state index in [9.17, 15) is 4.79 Å². The first-order valence-electron chi connectivity index (χ1n) is 4.51. The van der Waals surface area contributed by atoms with Crippen molar-refractivity contribution in [3.63, 3.8) is 0 Å². The molecule has 1 aromatic carbocycles. The van der Waals surface area contributed by atoms with Crippen LogP contribution in [-0.2, 0) is 4.79 Å². The third-order valence-electron chi connectivity index (χ3n) is 2.00. The van der Waals surface area contributed by atoms with E-state index in [1.54, 1.807) is 11.3 Å². The minimum absolute atomic E-state index is 0.210. The molecule has 1 aromatic heterocycles. The minimum Gasteiger partial charge on any atom is -0.294 e. The number of halogens is 1. The van der Waals surface area contributed by atoms with Gasteiger partial charge in [-0.05, 0) is 6.07 Å². The zero-order chi connectivity index (χ0) is 11.5. The molecule has 0 aliphatic carbocycles. The molecule has 3 nitrogen and oxygen atoms in total. The molecule has 0 radical (unpaired) electrons. The van der Waals surface area contributed by atoms with Crippen LogP contribution in [0.4, 0.5) is 0 Å². The van der Waals surface area contributed by atoms with Gasteiger partial charge in [0.1, 0.15) is 0 Å². The Morgan fingerprint density at radius 1 is 1.50 bits per heavy atom. The Kier molecular flexibility index (Phi) is 3.70. The molecule has 2 aromatic rings. The van der Waals surface area contributed by atoms with E-state index in [1.165, 1.54) is 11.8 Å². The first-order chi connectivity index (χ1) is 7.72. The van der Waals surface area contributed by atoms with Gasteiger partial charge in [0.15, 0.2) is 0 Å². The predicted octanol–water partition coefficient (Wildman–Crippen LogP) is 2.64. The molecule has 84 valence electrons. The Hall–Kier alpha value is -0.750. The molecule has 0 unspecified atom stereocenters. The van der Waals surface area contributed by atoms with Gasteiger partial charge in [-0.2, -0.15) is 0 Å². The number of carbonyl (C=O) groups excluding carboxylic acids is 1. The number of amides is 1. The monoisotopic (exact) mass is 272 g/mol. The maximum absolute atomic E-state index is 11.0. The average Bonchev–Trinajstić information content (AvgIpc) is 2.64. The second-order valence-corrected chi connectivity index (χ2v) is 5.73. The van der Waals surface area contributed by atoms with Crippen LogP contribution in [0.25, 0.3) is 10.1 Å². The Morgan fingerprint density at radius 3 is 2.94 bits per heavy atom. The fourth-order valence-electron chi connectivity index (χ4n) is 1.26. The number of hydrazine groups is 1. The Balaban J connectivity index is 2.24. The van der Waals surface area contributed by atoms with Gasteiger partial charge in [0, 0.05) is 10.1 Å². The number of hydrogen-bond donors (Lipinski definition) is 2. The van der Waals surface area contributed by atoms with Gasteiger partial charge in [0.05, 0.1) is 15.0 Å². The molecular formula is C10H9ClN2OS2. The van der Waals surface area contributed by atoms with Crippen molar-refractivity contribution in [3.05, 3.63) is 29.3 Å². The van der Waals surface area contributed by atoms with Crippen molar-refractivity contribution in [2.45, 2.75) is 4.21 Å². The number of thiophene rings is 1. The summed E-state index contributed by atoms with van der Waals surface area (Å²) in [6, 6.07) is 7.90. The van der Waals surface area contributed by atoms with Crippen LogP contribution in [0, 0.1) is 0 Å². The number of nitrogens with two attached hydrogens (primary N) is 1. The molecule has 0 aliphatic rings. The van der Waals surface area contributed by atoms with Gasteiger partial charge in [0.2, 0.25) is 5.91 Å². The largest absolute Gasteiger partial charge is 0.294 e. The van der Waals surface area contributed by atoms with E-state index < -0.39 is 0 Å². The second kappa shape index (κ2) is 5.05. The third-order valence-corrected chi connectivity index (χ3v) is 5.06. The lowest BCUT2D eigenvalue weighted by molar-refractivity contribution is -0.118. The van der Waals surface area contributed by atoms with Crippen molar-refractivity contribution >= 4 is 50.7 Å². The van der Waals surface area contributed by atoms with Gasteiger partial charge < -0.3 is 0 Å². The molecule has 0 spiro atoms. The van der Waals surface area contributed by atoms with Gasteiger partial charge in [-0.15, -0.1) is 23.1 Å².